The minimum atomic E-state index is -0.219. The minimum absolute atomic E-state index is 0.182. The van der Waals surface area contributed by atoms with Gasteiger partial charge < -0.3 is 13.7 Å². The SMILES string of the molecule is CN(C)C(=O)c1ccc(Cn2ncn3cccc3c2=O)o1. The summed E-state index contributed by atoms with van der Waals surface area (Å²) in [4.78, 5) is 25.4. The molecular weight excluding hydrogens is 272 g/mol. The van der Waals surface area contributed by atoms with Gasteiger partial charge in [-0.3, -0.25) is 9.59 Å². The summed E-state index contributed by atoms with van der Waals surface area (Å²) in [6.45, 7) is 0.182. The normalized spacial score (nSPS) is 11.0. The highest BCUT2D eigenvalue weighted by atomic mass is 16.4. The Morgan fingerprint density at radius 1 is 1.33 bits per heavy atom. The van der Waals surface area contributed by atoms with Crippen LogP contribution < -0.4 is 5.56 Å². The van der Waals surface area contributed by atoms with Crippen molar-refractivity contribution < 1.29 is 9.21 Å². The number of hydrogen-bond donors (Lipinski definition) is 0. The summed E-state index contributed by atoms with van der Waals surface area (Å²) in [7, 11) is 3.30. The molecule has 3 heterocycles. The number of nitrogens with zero attached hydrogens (tertiary/aromatic N) is 4. The quantitative estimate of drug-likeness (QED) is 0.715. The molecule has 0 fully saturated rings. The van der Waals surface area contributed by atoms with Crippen LogP contribution in [0.2, 0.25) is 0 Å². The maximum Gasteiger partial charge on any atom is 0.291 e. The predicted octanol–water partition coefficient (Wildman–Crippen LogP) is 0.839. The van der Waals surface area contributed by atoms with E-state index in [1.807, 2.05) is 0 Å². The van der Waals surface area contributed by atoms with E-state index in [0.29, 0.717) is 11.3 Å². The lowest BCUT2D eigenvalue weighted by Crippen LogP contribution is -2.24. The molecule has 7 heteroatoms. The van der Waals surface area contributed by atoms with Gasteiger partial charge in [0.2, 0.25) is 0 Å². The Balaban J connectivity index is 1.90. The van der Waals surface area contributed by atoms with E-state index in [2.05, 4.69) is 5.10 Å². The van der Waals surface area contributed by atoms with Gasteiger partial charge >= 0.3 is 0 Å². The van der Waals surface area contributed by atoms with Gasteiger partial charge in [0.15, 0.2) is 5.76 Å². The second-order valence-electron chi connectivity index (χ2n) is 4.86. The standard InChI is InChI=1S/C14H14N4O3/c1-16(2)14(20)12-6-5-10(21-12)8-18-13(19)11-4-3-7-17(11)9-15-18/h3-7,9H,8H2,1-2H3. The number of hydrogen-bond acceptors (Lipinski definition) is 4. The lowest BCUT2D eigenvalue weighted by atomic mass is 10.4. The molecule has 0 N–H and O–H groups in total. The fraction of sp³-hybridized carbons (Fsp3) is 0.214. The van der Waals surface area contributed by atoms with Crippen molar-refractivity contribution in [2.45, 2.75) is 6.54 Å². The van der Waals surface area contributed by atoms with Crippen LogP contribution in [0.3, 0.4) is 0 Å². The summed E-state index contributed by atoms with van der Waals surface area (Å²) in [6.07, 6.45) is 3.32. The van der Waals surface area contributed by atoms with Gasteiger partial charge in [0.1, 0.15) is 24.1 Å². The zero-order valence-electron chi connectivity index (χ0n) is 11.7. The van der Waals surface area contributed by atoms with Crippen molar-refractivity contribution >= 4 is 11.4 Å². The van der Waals surface area contributed by atoms with Gasteiger partial charge in [0.05, 0.1) is 0 Å². The van der Waals surface area contributed by atoms with Crippen molar-refractivity contribution in [1.82, 2.24) is 19.1 Å². The zero-order chi connectivity index (χ0) is 15.0. The van der Waals surface area contributed by atoms with Crippen molar-refractivity contribution in [1.29, 1.82) is 0 Å². The molecule has 21 heavy (non-hydrogen) atoms. The number of carbonyl (C=O) groups is 1. The van der Waals surface area contributed by atoms with E-state index in [1.165, 1.54) is 9.58 Å². The van der Waals surface area contributed by atoms with E-state index in [1.54, 1.807) is 55.3 Å². The second-order valence-corrected chi connectivity index (χ2v) is 4.86. The Labute approximate surface area is 120 Å². The van der Waals surface area contributed by atoms with E-state index in [9.17, 15) is 9.59 Å². The van der Waals surface area contributed by atoms with Crippen molar-refractivity contribution in [3.63, 3.8) is 0 Å². The Hall–Kier alpha value is -2.83. The van der Waals surface area contributed by atoms with E-state index >= 15 is 0 Å². The van der Waals surface area contributed by atoms with E-state index in [-0.39, 0.29) is 23.8 Å². The first kappa shape index (κ1) is 13.2. The number of rotatable bonds is 3. The number of aromatic nitrogens is 3. The van der Waals surface area contributed by atoms with Crippen LogP contribution in [-0.2, 0) is 6.54 Å². The van der Waals surface area contributed by atoms with Crippen LogP contribution in [0, 0.1) is 0 Å². The largest absolute Gasteiger partial charge is 0.454 e. The molecule has 0 aliphatic carbocycles. The number of amides is 1. The molecule has 0 aromatic carbocycles. The van der Waals surface area contributed by atoms with Crippen LogP contribution in [0.25, 0.3) is 5.52 Å². The molecule has 0 aliphatic heterocycles. The maximum absolute atomic E-state index is 12.2. The molecular formula is C14H14N4O3. The second kappa shape index (κ2) is 4.93. The average molecular weight is 286 g/mol. The number of carbonyl (C=O) groups excluding carboxylic acids is 1. The first-order valence-electron chi connectivity index (χ1n) is 6.39. The lowest BCUT2D eigenvalue weighted by molar-refractivity contribution is 0.0794. The third-order valence-corrected chi connectivity index (χ3v) is 3.13. The van der Waals surface area contributed by atoms with Gasteiger partial charge in [0.25, 0.3) is 11.5 Å². The number of furan rings is 1. The molecule has 0 unspecified atom stereocenters. The molecule has 0 bridgehead atoms. The molecule has 3 aromatic rings. The van der Waals surface area contributed by atoms with Crippen molar-refractivity contribution in [2.24, 2.45) is 0 Å². The minimum Gasteiger partial charge on any atom is -0.454 e. The summed E-state index contributed by atoms with van der Waals surface area (Å²) in [6, 6.07) is 6.78. The van der Waals surface area contributed by atoms with Gasteiger partial charge in [-0.15, -0.1) is 0 Å². The fourth-order valence-corrected chi connectivity index (χ4v) is 2.04. The van der Waals surface area contributed by atoms with Crippen LogP contribution in [0.1, 0.15) is 16.3 Å². The van der Waals surface area contributed by atoms with Crippen LogP contribution in [0.4, 0.5) is 0 Å². The molecule has 0 saturated heterocycles. The third kappa shape index (κ3) is 2.33. The van der Waals surface area contributed by atoms with Crippen molar-refractivity contribution in [2.75, 3.05) is 14.1 Å². The fourth-order valence-electron chi connectivity index (χ4n) is 2.04. The Bertz CT molecular complexity index is 856. The molecule has 0 spiro atoms. The molecule has 3 aromatic heterocycles. The summed E-state index contributed by atoms with van der Waals surface area (Å²) < 4.78 is 8.42. The molecule has 0 saturated carbocycles. The first-order chi connectivity index (χ1) is 10.1. The highest BCUT2D eigenvalue weighted by molar-refractivity contribution is 5.91. The Kier molecular flexibility index (Phi) is 3.09. The molecule has 108 valence electrons. The summed E-state index contributed by atoms with van der Waals surface area (Å²) in [5.74, 6) is 0.529. The van der Waals surface area contributed by atoms with E-state index in [0.717, 1.165) is 0 Å². The van der Waals surface area contributed by atoms with Gasteiger partial charge in [-0.2, -0.15) is 5.10 Å². The van der Waals surface area contributed by atoms with E-state index in [4.69, 9.17) is 4.42 Å². The molecule has 7 nitrogen and oxygen atoms in total. The first-order valence-corrected chi connectivity index (χ1v) is 6.39. The third-order valence-electron chi connectivity index (χ3n) is 3.13. The Morgan fingerprint density at radius 2 is 2.14 bits per heavy atom. The topological polar surface area (TPSA) is 72.8 Å². The number of fused-ring (bicyclic) bond motifs is 1. The Morgan fingerprint density at radius 3 is 2.90 bits per heavy atom. The molecule has 3 rings (SSSR count). The molecule has 0 aliphatic rings. The lowest BCUT2D eigenvalue weighted by Gasteiger charge is -2.07. The molecule has 0 radical (unpaired) electrons. The summed E-state index contributed by atoms with van der Waals surface area (Å²) in [5, 5.41) is 4.07. The van der Waals surface area contributed by atoms with Crippen LogP contribution in [-0.4, -0.2) is 39.1 Å². The molecule has 0 atom stereocenters. The summed E-state index contributed by atoms with van der Waals surface area (Å²) >= 11 is 0. The highest BCUT2D eigenvalue weighted by Gasteiger charge is 2.14. The van der Waals surface area contributed by atoms with Gasteiger partial charge in [-0.05, 0) is 24.3 Å². The maximum atomic E-state index is 12.2. The van der Waals surface area contributed by atoms with Crippen LogP contribution in [0.15, 0.2) is 46.0 Å². The highest BCUT2D eigenvalue weighted by Crippen LogP contribution is 2.10. The average Bonchev–Trinajstić information content (AvgIpc) is 3.10. The van der Waals surface area contributed by atoms with Crippen molar-refractivity contribution in [3.8, 4) is 0 Å². The van der Waals surface area contributed by atoms with Crippen LogP contribution in [0.5, 0.6) is 0 Å². The van der Waals surface area contributed by atoms with Gasteiger partial charge in [-0.1, -0.05) is 0 Å². The monoisotopic (exact) mass is 286 g/mol. The molecule has 1 amide bonds. The van der Waals surface area contributed by atoms with Gasteiger partial charge in [-0.25, -0.2) is 4.68 Å². The van der Waals surface area contributed by atoms with E-state index < -0.39 is 0 Å². The van der Waals surface area contributed by atoms with Gasteiger partial charge in [0, 0.05) is 20.3 Å². The smallest absolute Gasteiger partial charge is 0.291 e. The van der Waals surface area contributed by atoms with Crippen molar-refractivity contribution in [3.05, 3.63) is 58.7 Å². The summed E-state index contributed by atoms with van der Waals surface area (Å²) in [5.41, 5.74) is 0.334. The zero-order valence-corrected chi connectivity index (χ0v) is 11.7. The predicted molar refractivity (Wildman–Crippen MR) is 75.3 cm³/mol. The van der Waals surface area contributed by atoms with Crippen LogP contribution >= 0.6 is 0 Å².